The first kappa shape index (κ1) is 22.1. The van der Waals surface area contributed by atoms with Gasteiger partial charge >= 0.3 is 0 Å². The number of rotatable bonds is 7. The molecule has 1 aliphatic rings. The van der Waals surface area contributed by atoms with Crippen molar-refractivity contribution in [3.05, 3.63) is 54.1 Å². The van der Waals surface area contributed by atoms with Crippen LogP contribution in [0.2, 0.25) is 0 Å². The smallest absolute Gasteiger partial charge is 0.191 e. The number of hydrogen-bond donors (Lipinski definition) is 2. The minimum atomic E-state index is 0. The summed E-state index contributed by atoms with van der Waals surface area (Å²) in [5.74, 6) is 3.09. The highest BCUT2D eigenvalue weighted by atomic mass is 127. The van der Waals surface area contributed by atoms with Crippen molar-refractivity contribution in [3.8, 4) is 0 Å². The molecule has 2 N–H and O–H groups in total. The van der Waals surface area contributed by atoms with Crippen molar-refractivity contribution in [2.24, 2.45) is 4.99 Å². The van der Waals surface area contributed by atoms with Crippen LogP contribution in [0.4, 0.5) is 0 Å². The third-order valence-corrected chi connectivity index (χ3v) is 6.00. The second-order valence-electron chi connectivity index (χ2n) is 6.61. The predicted molar refractivity (Wildman–Crippen MR) is 126 cm³/mol. The van der Waals surface area contributed by atoms with E-state index in [2.05, 4.69) is 68.1 Å². The van der Waals surface area contributed by atoms with Crippen LogP contribution in [0, 0.1) is 0 Å². The highest BCUT2D eigenvalue weighted by Gasteiger charge is 2.25. The number of nitrogens with zero attached hydrogens (tertiary/aromatic N) is 3. The molecule has 1 aliphatic carbocycles. The molecule has 2 atom stereocenters. The molecule has 2 aromatic rings. The van der Waals surface area contributed by atoms with E-state index in [1.807, 2.05) is 25.5 Å². The molecule has 5 nitrogen and oxygen atoms in total. The summed E-state index contributed by atoms with van der Waals surface area (Å²) >= 11 is 2.08. The Morgan fingerprint density at radius 1 is 1.30 bits per heavy atom. The first-order valence-electron chi connectivity index (χ1n) is 9.41. The van der Waals surface area contributed by atoms with E-state index in [1.165, 1.54) is 30.6 Å². The number of nitrogens with one attached hydrogen (secondary N) is 2. The van der Waals surface area contributed by atoms with E-state index in [4.69, 9.17) is 0 Å². The number of halogens is 1. The average molecular weight is 499 g/mol. The van der Waals surface area contributed by atoms with Crippen LogP contribution in [0.25, 0.3) is 0 Å². The summed E-state index contributed by atoms with van der Waals surface area (Å²) in [5, 5.41) is 7.79. The summed E-state index contributed by atoms with van der Waals surface area (Å²) < 4.78 is 2.18. The second kappa shape index (κ2) is 11.6. The lowest BCUT2D eigenvalue weighted by molar-refractivity contribution is 0.608. The molecule has 0 spiro atoms. The highest BCUT2D eigenvalue weighted by molar-refractivity contribution is 14.0. The molecule has 1 aromatic carbocycles. The average Bonchev–Trinajstić information content (AvgIpc) is 3.29. The Bertz CT molecular complexity index is 703. The molecule has 0 saturated heterocycles. The maximum Gasteiger partial charge on any atom is 0.191 e. The zero-order valence-corrected chi connectivity index (χ0v) is 19.2. The van der Waals surface area contributed by atoms with Crippen molar-refractivity contribution in [1.29, 1.82) is 0 Å². The Labute approximate surface area is 183 Å². The maximum absolute atomic E-state index is 4.50. The normalized spacial score (nSPS) is 19.6. The SMILES string of the molecule is CCSC1CCC(NC(=NC)NCc2nccn2Cc2ccccc2)C1.I. The lowest BCUT2D eigenvalue weighted by Gasteiger charge is -2.17. The predicted octanol–water partition coefficient (Wildman–Crippen LogP) is 3.89. The highest BCUT2D eigenvalue weighted by Crippen LogP contribution is 2.29. The first-order valence-corrected chi connectivity index (χ1v) is 10.5. The van der Waals surface area contributed by atoms with Gasteiger partial charge in [-0.05, 0) is 30.6 Å². The number of imidazole rings is 1. The molecule has 0 amide bonds. The zero-order chi connectivity index (χ0) is 18.2. The topological polar surface area (TPSA) is 54.2 Å². The van der Waals surface area contributed by atoms with E-state index < -0.39 is 0 Å². The van der Waals surface area contributed by atoms with Crippen LogP contribution in [0.3, 0.4) is 0 Å². The van der Waals surface area contributed by atoms with Crippen LogP contribution in [0.5, 0.6) is 0 Å². The maximum atomic E-state index is 4.50. The van der Waals surface area contributed by atoms with Gasteiger partial charge < -0.3 is 15.2 Å². The third kappa shape index (κ3) is 6.71. The molecule has 27 heavy (non-hydrogen) atoms. The molecule has 1 heterocycles. The van der Waals surface area contributed by atoms with Gasteiger partial charge in [0.2, 0.25) is 0 Å². The van der Waals surface area contributed by atoms with Crippen molar-refractivity contribution in [2.75, 3.05) is 12.8 Å². The van der Waals surface area contributed by atoms with Crippen molar-refractivity contribution >= 4 is 41.7 Å². The number of hydrogen-bond acceptors (Lipinski definition) is 3. The fourth-order valence-corrected chi connectivity index (χ4v) is 4.58. The molecular formula is C20H30IN5S. The van der Waals surface area contributed by atoms with Gasteiger partial charge in [0.1, 0.15) is 5.82 Å². The quantitative estimate of drug-likeness (QED) is 0.345. The lowest BCUT2D eigenvalue weighted by atomic mass is 10.2. The van der Waals surface area contributed by atoms with Crippen molar-refractivity contribution in [2.45, 2.75) is 50.6 Å². The van der Waals surface area contributed by atoms with Crippen LogP contribution in [0.1, 0.15) is 37.6 Å². The van der Waals surface area contributed by atoms with Gasteiger partial charge in [-0.1, -0.05) is 37.3 Å². The van der Waals surface area contributed by atoms with Gasteiger partial charge in [-0.25, -0.2) is 4.98 Å². The molecule has 2 unspecified atom stereocenters. The van der Waals surface area contributed by atoms with Crippen LogP contribution >= 0.6 is 35.7 Å². The molecule has 7 heteroatoms. The zero-order valence-electron chi connectivity index (χ0n) is 16.1. The van der Waals surface area contributed by atoms with E-state index in [1.54, 1.807) is 0 Å². The van der Waals surface area contributed by atoms with Gasteiger partial charge in [0, 0.05) is 37.3 Å². The monoisotopic (exact) mass is 499 g/mol. The summed E-state index contributed by atoms with van der Waals surface area (Å²) in [6.07, 6.45) is 7.64. The molecule has 3 rings (SSSR count). The fourth-order valence-electron chi connectivity index (χ4n) is 3.44. The van der Waals surface area contributed by atoms with Crippen molar-refractivity contribution < 1.29 is 0 Å². The Morgan fingerprint density at radius 2 is 2.11 bits per heavy atom. The largest absolute Gasteiger partial charge is 0.354 e. The molecule has 148 valence electrons. The molecule has 0 aliphatic heterocycles. The molecular weight excluding hydrogens is 469 g/mol. The summed E-state index contributed by atoms with van der Waals surface area (Å²) in [5.41, 5.74) is 1.28. The van der Waals surface area contributed by atoms with Gasteiger partial charge in [0.15, 0.2) is 5.96 Å². The number of aromatic nitrogens is 2. The fraction of sp³-hybridized carbons (Fsp3) is 0.500. The lowest BCUT2D eigenvalue weighted by Crippen LogP contribution is -2.42. The first-order chi connectivity index (χ1) is 12.8. The van der Waals surface area contributed by atoms with Gasteiger partial charge in [-0.3, -0.25) is 4.99 Å². The standard InChI is InChI=1S/C20H29N5S.HI/c1-3-26-18-10-9-17(13-18)24-20(21-2)23-14-19-22-11-12-25(19)15-16-7-5-4-6-8-16;/h4-8,11-12,17-18H,3,9-10,13-15H2,1-2H3,(H2,21,23,24);1H. The summed E-state index contributed by atoms with van der Waals surface area (Å²) in [4.78, 5) is 8.89. The number of benzene rings is 1. The van der Waals surface area contributed by atoms with E-state index >= 15 is 0 Å². The van der Waals surface area contributed by atoms with Gasteiger partial charge in [-0.15, -0.1) is 24.0 Å². The van der Waals surface area contributed by atoms with Crippen molar-refractivity contribution in [1.82, 2.24) is 20.2 Å². The summed E-state index contributed by atoms with van der Waals surface area (Å²) in [6, 6.07) is 11.0. The van der Waals surface area contributed by atoms with Crippen LogP contribution in [-0.4, -0.2) is 39.6 Å². The molecule has 1 saturated carbocycles. The Balaban J connectivity index is 0.00000261. The van der Waals surface area contributed by atoms with Crippen molar-refractivity contribution in [3.63, 3.8) is 0 Å². The van der Waals surface area contributed by atoms with E-state index in [-0.39, 0.29) is 24.0 Å². The number of aliphatic imine (C=N–C) groups is 1. The van der Waals surface area contributed by atoms with Gasteiger partial charge in [0.25, 0.3) is 0 Å². The van der Waals surface area contributed by atoms with E-state index in [0.29, 0.717) is 12.6 Å². The molecule has 1 fully saturated rings. The minimum absolute atomic E-state index is 0. The minimum Gasteiger partial charge on any atom is -0.354 e. The van der Waals surface area contributed by atoms with Gasteiger partial charge in [-0.2, -0.15) is 11.8 Å². The van der Waals surface area contributed by atoms with E-state index in [9.17, 15) is 0 Å². The number of thioether (sulfide) groups is 1. The summed E-state index contributed by atoms with van der Waals surface area (Å²) in [6.45, 7) is 3.74. The number of guanidine groups is 1. The van der Waals surface area contributed by atoms with E-state index in [0.717, 1.165) is 23.6 Å². The van der Waals surface area contributed by atoms with Crippen LogP contribution in [-0.2, 0) is 13.1 Å². The Kier molecular flexibility index (Phi) is 9.47. The second-order valence-corrected chi connectivity index (χ2v) is 8.19. The van der Waals surface area contributed by atoms with Crippen LogP contribution < -0.4 is 10.6 Å². The summed E-state index contributed by atoms with van der Waals surface area (Å²) in [7, 11) is 1.83. The Morgan fingerprint density at radius 3 is 2.85 bits per heavy atom. The molecule has 0 bridgehead atoms. The molecule has 1 aromatic heterocycles. The third-order valence-electron chi connectivity index (χ3n) is 4.76. The Hall–Kier alpha value is -1.22. The molecule has 0 radical (unpaired) electrons. The van der Waals surface area contributed by atoms with Gasteiger partial charge in [0.05, 0.1) is 6.54 Å². The van der Waals surface area contributed by atoms with Crippen LogP contribution in [0.15, 0.2) is 47.7 Å².